The van der Waals surface area contributed by atoms with Gasteiger partial charge in [0, 0.05) is 19.1 Å². The molecule has 4 heterocycles. The number of likely N-dealkylation sites (tertiary alicyclic amines) is 1. The largest absolute Gasteiger partial charge is 0.444 e. The third kappa shape index (κ3) is 2.10. The van der Waals surface area contributed by atoms with Crippen molar-refractivity contribution < 1.29 is 4.42 Å². The predicted molar refractivity (Wildman–Crippen MR) is 79.5 cm³/mol. The van der Waals surface area contributed by atoms with Crippen LogP contribution in [0.15, 0.2) is 28.2 Å². The molecule has 1 N–H and O–H groups in total. The SMILES string of the molecule is CC1C2CNCC2CN1Cc1coc(-c2cccs2)n1. The van der Waals surface area contributed by atoms with E-state index < -0.39 is 0 Å². The molecule has 0 aliphatic carbocycles. The first-order valence-electron chi connectivity index (χ1n) is 7.24. The van der Waals surface area contributed by atoms with E-state index >= 15 is 0 Å². The number of nitrogens with one attached hydrogen (secondary N) is 1. The van der Waals surface area contributed by atoms with Crippen LogP contribution in [0.1, 0.15) is 12.6 Å². The van der Waals surface area contributed by atoms with E-state index in [1.165, 1.54) is 19.6 Å². The van der Waals surface area contributed by atoms with Gasteiger partial charge < -0.3 is 9.73 Å². The fourth-order valence-corrected chi connectivity index (χ4v) is 4.22. The van der Waals surface area contributed by atoms with Gasteiger partial charge in [0.1, 0.15) is 6.26 Å². The Kier molecular flexibility index (Phi) is 3.13. The summed E-state index contributed by atoms with van der Waals surface area (Å²) < 4.78 is 5.61. The van der Waals surface area contributed by atoms with Crippen molar-refractivity contribution in [1.29, 1.82) is 0 Å². The second-order valence-corrected chi connectivity index (χ2v) is 6.82. The third-order valence-corrected chi connectivity index (χ3v) is 5.56. The number of rotatable bonds is 3. The third-order valence-electron chi connectivity index (χ3n) is 4.71. The van der Waals surface area contributed by atoms with Gasteiger partial charge in [-0.05, 0) is 43.3 Å². The van der Waals surface area contributed by atoms with Crippen LogP contribution in [-0.4, -0.2) is 35.6 Å². The summed E-state index contributed by atoms with van der Waals surface area (Å²) in [6.07, 6.45) is 1.81. The first-order chi connectivity index (χ1) is 9.81. The lowest BCUT2D eigenvalue weighted by Gasteiger charge is -2.22. The molecule has 0 saturated carbocycles. The Hall–Kier alpha value is -1.17. The summed E-state index contributed by atoms with van der Waals surface area (Å²) in [5, 5.41) is 5.55. The number of fused-ring (bicyclic) bond motifs is 1. The molecule has 0 spiro atoms. The average molecular weight is 289 g/mol. The standard InChI is InChI=1S/C15H19N3OS/c1-10-13-6-16-5-11(13)7-18(10)8-12-9-19-15(17-12)14-3-2-4-20-14/h2-4,9-11,13,16H,5-8H2,1H3. The zero-order valence-corrected chi connectivity index (χ0v) is 12.4. The Balaban J connectivity index is 1.47. The lowest BCUT2D eigenvalue weighted by molar-refractivity contribution is 0.229. The lowest BCUT2D eigenvalue weighted by Crippen LogP contribution is -2.32. The molecule has 2 saturated heterocycles. The fourth-order valence-electron chi connectivity index (χ4n) is 3.57. The zero-order chi connectivity index (χ0) is 13.5. The number of thiophene rings is 1. The van der Waals surface area contributed by atoms with Crippen molar-refractivity contribution in [2.45, 2.75) is 19.5 Å². The van der Waals surface area contributed by atoms with Crippen molar-refractivity contribution in [3.05, 3.63) is 29.5 Å². The topological polar surface area (TPSA) is 41.3 Å². The molecule has 20 heavy (non-hydrogen) atoms. The highest BCUT2D eigenvalue weighted by Crippen LogP contribution is 2.33. The van der Waals surface area contributed by atoms with Crippen molar-refractivity contribution in [2.75, 3.05) is 19.6 Å². The molecule has 2 fully saturated rings. The molecule has 2 aromatic rings. The molecule has 0 aromatic carbocycles. The van der Waals surface area contributed by atoms with Crippen LogP contribution in [0, 0.1) is 11.8 Å². The van der Waals surface area contributed by atoms with Crippen molar-refractivity contribution in [1.82, 2.24) is 15.2 Å². The van der Waals surface area contributed by atoms with Gasteiger partial charge in [-0.15, -0.1) is 11.3 Å². The van der Waals surface area contributed by atoms with Gasteiger partial charge in [-0.3, -0.25) is 4.90 Å². The quantitative estimate of drug-likeness (QED) is 0.942. The average Bonchev–Trinajstić information content (AvgIpc) is 3.19. The molecule has 0 amide bonds. The molecule has 3 unspecified atom stereocenters. The van der Waals surface area contributed by atoms with Gasteiger partial charge in [0.15, 0.2) is 0 Å². The van der Waals surface area contributed by atoms with Crippen LogP contribution >= 0.6 is 11.3 Å². The van der Waals surface area contributed by atoms with E-state index in [1.54, 1.807) is 11.3 Å². The predicted octanol–water partition coefficient (Wildman–Crippen LogP) is 2.44. The Morgan fingerprint density at radius 1 is 1.50 bits per heavy atom. The Bertz CT molecular complexity index is 580. The molecule has 2 aromatic heterocycles. The Morgan fingerprint density at radius 3 is 3.25 bits per heavy atom. The van der Waals surface area contributed by atoms with Crippen molar-refractivity contribution in [2.24, 2.45) is 11.8 Å². The maximum absolute atomic E-state index is 5.61. The lowest BCUT2D eigenvalue weighted by atomic mass is 9.95. The summed E-state index contributed by atoms with van der Waals surface area (Å²) >= 11 is 1.67. The maximum Gasteiger partial charge on any atom is 0.236 e. The molecule has 0 radical (unpaired) electrons. The fraction of sp³-hybridized carbons (Fsp3) is 0.533. The number of aromatic nitrogens is 1. The minimum atomic E-state index is 0.636. The summed E-state index contributed by atoms with van der Waals surface area (Å²) in [4.78, 5) is 8.28. The second kappa shape index (κ2) is 4.98. The number of hydrogen-bond donors (Lipinski definition) is 1. The molecule has 4 nitrogen and oxygen atoms in total. The van der Waals surface area contributed by atoms with Crippen LogP contribution in [0.2, 0.25) is 0 Å². The van der Waals surface area contributed by atoms with Crippen LogP contribution in [0.5, 0.6) is 0 Å². The van der Waals surface area contributed by atoms with E-state index in [0.29, 0.717) is 6.04 Å². The van der Waals surface area contributed by atoms with E-state index in [-0.39, 0.29) is 0 Å². The molecule has 3 atom stereocenters. The van der Waals surface area contributed by atoms with E-state index in [9.17, 15) is 0 Å². The van der Waals surface area contributed by atoms with Gasteiger partial charge in [0.25, 0.3) is 0 Å². The molecule has 4 rings (SSSR count). The van der Waals surface area contributed by atoms with E-state index in [0.717, 1.165) is 34.8 Å². The van der Waals surface area contributed by atoms with Gasteiger partial charge in [0.2, 0.25) is 5.89 Å². The van der Waals surface area contributed by atoms with Gasteiger partial charge in [-0.2, -0.15) is 0 Å². The minimum absolute atomic E-state index is 0.636. The molecule has 0 bridgehead atoms. The highest BCUT2D eigenvalue weighted by Gasteiger charge is 2.41. The zero-order valence-electron chi connectivity index (χ0n) is 11.6. The smallest absolute Gasteiger partial charge is 0.236 e. The minimum Gasteiger partial charge on any atom is -0.444 e. The van der Waals surface area contributed by atoms with E-state index in [2.05, 4.69) is 33.6 Å². The van der Waals surface area contributed by atoms with Crippen LogP contribution < -0.4 is 5.32 Å². The van der Waals surface area contributed by atoms with Gasteiger partial charge in [-0.25, -0.2) is 4.98 Å². The summed E-state index contributed by atoms with van der Waals surface area (Å²) in [5.41, 5.74) is 1.05. The second-order valence-electron chi connectivity index (χ2n) is 5.87. The molecule has 2 aliphatic rings. The maximum atomic E-state index is 5.61. The van der Waals surface area contributed by atoms with E-state index in [4.69, 9.17) is 4.42 Å². The van der Waals surface area contributed by atoms with Crippen LogP contribution in [-0.2, 0) is 6.54 Å². The van der Waals surface area contributed by atoms with Gasteiger partial charge in [-0.1, -0.05) is 6.07 Å². The highest BCUT2D eigenvalue weighted by atomic mass is 32.1. The van der Waals surface area contributed by atoms with Gasteiger partial charge >= 0.3 is 0 Å². The summed E-state index contributed by atoms with van der Waals surface area (Å²) in [7, 11) is 0. The first kappa shape index (κ1) is 12.6. The van der Waals surface area contributed by atoms with Crippen molar-refractivity contribution in [3.63, 3.8) is 0 Å². The van der Waals surface area contributed by atoms with Crippen molar-refractivity contribution in [3.8, 4) is 10.8 Å². The van der Waals surface area contributed by atoms with Crippen LogP contribution in [0.25, 0.3) is 10.8 Å². The molecule has 5 heteroatoms. The van der Waals surface area contributed by atoms with Crippen LogP contribution in [0.4, 0.5) is 0 Å². The molecular weight excluding hydrogens is 270 g/mol. The number of hydrogen-bond acceptors (Lipinski definition) is 5. The first-order valence-corrected chi connectivity index (χ1v) is 8.12. The highest BCUT2D eigenvalue weighted by molar-refractivity contribution is 7.13. The Labute approximate surface area is 122 Å². The summed E-state index contributed by atoms with van der Waals surface area (Å²) in [5.74, 6) is 2.37. The number of nitrogens with zero attached hydrogens (tertiary/aromatic N) is 2. The van der Waals surface area contributed by atoms with Crippen LogP contribution in [0.3, 0.4) is 0 Å². The number of oxazole rings is 1. The van der Waals surface area contributed by atoms with Gasteiger partial charge in [0.05, 0.1) is 10.6 Å². The van der Waals surface area contributed by atoms with E-state index in [1.807, 2.05) is 12.3 Å². The normalized spacial score (nSPS) is 29.9. The monoisotopic (exact) mass is 289 g/mol. The molecule has 2 aliphatic heterocycles. The van der Waals surface area contributed by atoms with Crippen molar-refractivity contribution >= 4 is 11.3 Å². The molecule has 106 valence electrons. The Morgan fingerprint density at radius 2 is 2.45 bits per heavy atom. The summed E-state index contributed by atoms with van der Waals surface area (Å²) in [6, 6.07) is 4.71. The summed E-state index contributed by atoms with van der Waals surface area (Å²) in [6.45, 7) is 6.77. The molecular formula is C15H19N3OS.